The first-order valence-electron chi connectivity index (χ1n) is 3.41. The first kappa shape index (κ1) is 8.92. The summed E-state index contributed by atoms with van der Waals surface area (Å²) >= 11 is 0. The van der Waals surface area contributed by atoms with Gasteiger partial charge in [-0.3, -0.25) is 4.84 Å². The Kier molecular flexibility index (Phi) is 4.72. The van der Waals surface area contributed by atoms with Crippen molar-refractivity contribution >= 4 is 0 Å². The number of hydroxylamine groups is 2. The minimum atomic E-state index is 0.340. The van der Waals surface area contributed by atoms with Crippen LogP contribution in [0.4, 0.5) is 0 Å². The Balaban J connectivity index is 3.31. The lowest BCUT2D eigenvalue weighted by Gasteiger charge is -2.17. The molecule has 2 nitrogen and oxygen atoms in total. The Hall–Kier alpha value is -0.0800. The summed E-state index contributed by atoms with van der Waals surface area (Å²) in [7, 11) is 5.39. The summed E-state index contributed by atoms with van der Waals surface area (Å²) in [5, 5.41) is 1.51. The van der Waals surface area contributed by atoms with E-state index in [1.807, 2.05) is 0 Å². The molecule has 0 bridgehead atoms. The van der Waals surface area contributed by atoms with E-state index >= 15 is 0 Å². The molecule has 0 fully saturated rings. The highest BCUT2D eigenvalue weighted by Gasteiger charge is 2.03. The lowest BCUT2D eigenvalue weighted by molar-refractivity contribution is -0.152. The summed E-state index contributed by atoms with van der Waals surface area (Å²) < 4.78 is 0. The predicted octanol–water partition coefficient (Wildman–Crippen LogP) is 1.83. The molecular formula is C7H16NO. The van der Waals surface area contributed by atoms with Crippen molar-refractivity contribution < 1.29 is 4.84 Å². The van der Waals surface area contributed by atoms with E-state index in [0.29, 0.717) is 6.10 Å². The van der Waals surface area contributed by atoms with Gasteiger partial charge in [0.2, 0.25) is 0 Å². The highest BCUT2D eigenvalue weighted by molar-refractivity contribution is 4.48. The maximum atomic E-state index is 5.27. The molecule has 0 unspecified atom stereocenters. The van der Waals surface area contributed by atoms with Crippen molar-refractivity contribution in [1.82, 2.24) is 5.06 Å². The van der Waals surface area contributed by atoms with Crippen molar-refractivity contribution in [2.24, 2.45) is 0 Å². The van der Waals surface area contributed by atoms with Crippen LogP contribution >= 0.6 is 0 Å². The van der Waals surface area contributed by atoms with Crippen LogP contribution in [0.15, 0.2) is 0 Å². The van der Waals surface area contributed by atoms with E-state index in [2.05, 4.69) is 20.9 Å². The molecule has 1 radical (unpaired) electrons. The van der Waals surface area contributed by atoms with Gasteiger partial charge in [-0.1, -0.05) is 13.8 Å². The zero-order valence-corrected chi connectivity index (χ0v) is 6.55. The molecule has 0 heterocycles. The van der Waals surface area contributed by atoms with Crippen LogP contribution in [-0.4, -0.2) is 18.2 Å². The van der Waals surface area contributed by atoms with E-state index in [0.717, 1.165) is 12.8 Å². The average Bonchev–Trinajstić information content (AvgIpc) is 1.82. The lowest BCUT2D eigenvalue weighted by atomic mass is 10.2. The monoisotopic (exact) mass is 130 g/mol. The molecule has 55 valence electrons. The molecule has 0 N–H and O–H groups in total. The molecule has 0 aliphatic carbocycles. The quantitative estimate of drug-likeness (QED) is 0.538. The summed E-state index contributed by atoms with van der Waals surface area (Å²) in [6, 6.07) is 0. The largest absolute Gasteiger partial charge is 0.296 e. The third-order valence-corrected chi connectivity index (χ3v) is 1.24. The van der Waals surface area contributed by atoms with Crippen LogP contribution < -0.4 is 0 Å². The zero-order valence-electron chi connectivity index (χ0n) is 6.55. The topological polar surface area (TPSA) is 12.5 Å². The van der Waals surface area contributed by atoms with Crippen LogP contribution in [0.2, 0.25) is 0 Å². The molecule has 0 aromatic rings. The molecule has 0 rings (SSSR count). The van der Waals surface area contributed by atoms with E-state index in [4.69, 9.17) is 4.84 Å². The van der Waals surface area contributed by atoms with Gasteiger partial charge < -0.3 is 0 Å². The van der Waals surface area contributed by atoms with Crippen LogP contribution in [0.1, 0.15) is 26.7 Å². The van der Waals surface area contributed by atoms with Crippen molar-refractivity contribution in [2.75, 3.05) is 7.05 Å². The van der Waals surface area contributed by atoms with Crippen LogP contribution in [0, 0.1) is 7.05 Å². The van der Waals surface area contributed by atoms with E-state index in [1.165, 1.54) is 5.06 Å². The fraction of sp³-hybridized carbons (Fsp3) is 0.857. The first-order chi connectivity index (χ1) is 4.20. The Morgan fingerprint density at radius 1 is 1.44 bits per heavy atom. The van der Waals surface area contributed by atoms with Crippen molar-refractivity contribution in [3.8, 4) is 0 Å². The molecule has 0 atom stereocenters. The molecule has 0 aromatic heterocycles. The van der Waals surface area contributed by atoms with Gasteiger partial charge in [-0.05, 0) is 12.8 Å². The summed E-state index contributed by atoms with van der Waals surface area (Å²) in [5.74, 6) is 0. The van der Waals surface area contributed by atoms with Crippen LogP contribution in [-0.2, 0) is 4.84 Å². The summed E-state index contributed by atoms with van der Waals surface area (Å²) in [6.07, 6.45) is 2.44. The SMILES string of the molecule is [CH2]N(C)OC(CC)CC. The predicted molar refractivity (Wildman–Crippen MR) is 38.6 cm³/mol. The number of hydrogen-bond donors (Lipinski definition) is 0. The molecular weight excluding hydrogens is 114 g/mol. The van der Waals surface area contributed by atoms with E-state index < -0.39 is 0 Å². The fourth-order valence-electron chi connectivity index (χ4n) is 0.692. The Morgan fingerprint density at radius 3 is 2.00 bits per heavy atom. The Morgan fingerprint density at radius 2 is 1.89 bits per heavy atom. The molecule has 0 aliphatic rings. The van der Waals surface area contributed by atoms with Gasteiger partial charge in [-0.25, -0.2) is 0 Å². The van der Waals surface area contributed by atoms with Crippen molar-refractivity contribution in [2.45, 2.75) is 32.8 Å². The van der Waals surface area contributed by atoms with E-state index in [-0.39, 0.29) is 0 Å². The summed E-state index contributed by atoms with van der Waals surface area (Å²) in [6.45, 7) is 4.22. The third kappa shape index (κ3) is 4.43. The maximum absolute atomic E-state index is 5.27. The van der Waals surface area contributed by atoms with Gasteiger partial charge in [0.1, 0.15) is 0 Å². The zero-order chi connectivity index (χ0) is 7.28. The molecule has 0 saturated heterocycles. The van der Waals surface area contributed by atoms with Gasteiger partial charge in [-0.2, -0.15) is 5.06 Å². The second-order valence-corrected chi connectivity index (χ2v) is 2.17. The van der Waals surface area contributed by atoms with Gasteiger partial charge in [0.05, 0.1) is 6.10 Å². The lowest BCUT2D eigenvalue weighted by Crippen LogP contribution is -2.19. The minimum Gasteiger partial charge on any atom is -0.296 e. The molecule has 2 heteroatoms. The third-order valence-electron chi connectivity index (χ3n) is 1.24. The van der Waals surface area contributed by atoms with Gasteiger partial charge in [-0.15, -0.1) is 0 Å². The minimum absolute atomic E-state index is 0.340. The van der Waals surface area contributed by atoms with Crippen molar-refractivity contribution in [1.29, 1.82) is 0 Å². The second kappa shape index (κ2) is 4.77. The van der Waals surface area contributed by atoms with Crippen LogP contribution in [0.3, 0.4) is 0 Å². The average molecular weight is 130 g/mol. The summed E-state index contributed by atoms with van der Waals surface area (Å²) in [4.78, 5) is 5.27. The van der Waals surface area contributed by atoms with E-state index in [1.54, 1.807) is 7.05 Å². The first-order valence-corrected chi connectivity index (χ1v) is 3.41. The molecule has 0 spiro atoms. The van der Waals surface area contributed by atoms with Gasteiger partial charge in [0.15, 0.2) is 0 Å². The normalized spacial score (nSPS) is 11.3. The molecule has 0 aliphatic heterocycles. The van der Waals surface area contributed by atoms with E-state index in [9.17, 15) is 0 Å². The molecule has 0 saturated carbocycles. The Labute approximate surface area is 57.8 Å². The second-order valence-electron chi connectivity index (χ2n) is 2.17. The van der Waals surface area contributed by atoms with Gasteiger partial charge in [0.25, 0.3) is 0 Å². The highest BCUT2D eigenvalue weighted by Crippen LogP contribution is 2.02. The highest BCUT2D eigenvalue weighted by atomic mass is 16.7. The van der Waals surface area contributed by atoms with Gasteiger partial charge >= 0.3 is 0 Å². The number of rotatable bonds is 4. The number of nitrogens with zero attached hydrogens (tertiary/aromatic N) is 1. The summed E-state index contributed by atoms with van der Waals surface area (Å²) in [5.41, 5.74) is 0. The molecule has 0 aromatic carbocycles. The Bertz CT molecular complexity index is 59.9. The molecule has 9 heavy (non-hydrogen) atoms. The van der Waals surface area contributed by atoms with Crippen LogP contribution in [0.5, 0.6) is 0 Å². The maximum Gasteiger partial charge on any atom is 0.0787 e. The molecule has 0 amide bonds. The van der Waals surface area contributed by atoms with Gasteiger partial charge in [0, 0.05) is 14.1 Å². The number of hydrogen-bond acceptors (Lipinski definition) is 2. The fourth-order valence-corrected chi connectivity index (χ4v) is 0.692. The standard InChI is InChI=1S/C7H16NO/c1-5-7(6-2)9-8(3)4/h7H,3,5-6H2,1-2,4H3. The smallest absolute Gasteiger partial charge is 0.0787 e. The van der Waals surface area contributed by atoms with Crippen LogP contribution in [0.25, 0.3) is 0 Å². The van der Waals surface area contributed by atoms with Crippen molar-refractivity contribution in [3.05, 3.63) is 7.05 Å². The van der Waals surface area contributed by atoms with Crippen molar-refractivity contribution in [3.63, 3.8) is 0 Å².